The first-order chi connectivity index (χ1) is 6.08. The molecular weight excluding hydrogens is 166 g/mol. The van der Waals surface area contributed by atoms with Crippen LogP contribution in [-0.2, 0) is 12.0 Å². The predicted molar refractivity (Wildman–Crippen MR) is 49.3 cm³/mol. The minimum Gasteiger partial charge on any atom is -0.464 e. The van der Waals surface area contributed by atoms with Crippen molar-refractivity contribution in [3.63, 3.8) is 0 Å². The van der Waals surface area contributed by atoms with Crippen LogP contribution in [0.3, 0.4) is 0 Å². The van der Waals surface area contributed by atoms with Crippen LogP contribution in [-0.4, -0.2) is 11.7 Å². The maximum atomic E-state index is 9.27. The fourth-order valence-electron chi connectivity index (χ4n) is 2.08. The molecule has 0 saturated heterocycles. The zero-order valence-corrected chi connectivity index (χ0v) is 8.00. The predicted octanol–water partition coefficient (Wildman–Crippen LogP) is 0.927. The van der Waals surface area contributed by atoms with Crippen LogP contribution in [0.5, 0.6) is 0 Å². The van der Waals surface area contributed by atoms with E-state index in [1.54, 1.807) is 0 Å². The van der Waals surface area contributed by atoms with E-state index in [0.29, 0.717) is 0 Å². The largest absolute Gasteiger partial charge is 0.464 e. The molecule has 13 heavy (non-hydrogen) atoms. The van der Waals surface area contributed by atoms with E-state index in [0.717, 1.165) is 23.5 Å². The third-order valence-corrected chi connectivity index (χ3v) is 3.02. The lowest BCUT2D eigenvalue weighted by Crippen LogP contribution is -2.43. The Labute approximate surface area is 77.5 Å². The molecule has 1 aliphatic carbocycles. The third-order valence-electron chi connectivity index (χ3n) is 3.02. The van der Waals surface area contributed by atoms with Gasteiger partial charge in [0.05, 0.1) is 6.61 Å². The van der Waals surface area contributed by atoms with Crippen molar-refractivity contribution in [3.8, 4) is 0 Å². The molecular formula is C10H15NO2. The maximum absolute atomic E-state index is 9.27. The third kappa shape index (κ3) is 1.04. The molecule has 0 aliphatic heterocycles. The topological polar surface area (TPSA) is 59.4 Å². The van der Waals surface area contributed by atoms with E-state index in [2.05, 4.69) is 0 Å². The summed E-state index contributed by atoms with van der Waals surface area (Å²) < 4.78 is 5.52. The van der Waals surface area contributed by atoms with Gasteiger partial charge in [0.25, 0.3) is 0 Å². The van der Waals surface area contributed by atoms with Gasteiger partial charge in [0.15, 0.2) is 0 Å². The van der Waals surface area contributed by atoms with Gasteiger partial charge in [-0.05, 0) is 30.9 Å². The Morgan fingerprint density at radius 2 is 2.46 bits per heavy atom. The summed E-state index contributed by atoms with van der Waals surface area (Å²) in [6.07, 6.45) is 0.906. The van der Waals surface area contributed by atoms with Crippen LogP contribution in [0.25, 0.3) is 0 Å². The number of aliphatic hydroxyl groups excluding tert-OH is 1. The summed E-state index contributed by atoms with van der Waals surface area (Å²) in [5, 5.41) is 9.27. The normalized spacial score (nSPS) is 32.2. The van der Waals surface area contributed by atoms with Crippen molar-refractivity contribution in [2.24, 2.45) is 11.7 Å². The Balaban J connectivity index is 2.50. The van der Waals surface area contributed by atoms with Crippen molar-refractivity contribution in [1.29, 1.82) is 0 Å². The molecule has 1 aromatic heterocycles. The molecule has 72 valence electrons. The summed E-state index contributed by atoms with van der Waals surface area (Å²) in [5.74, 6) is 1.91. The molecule has 0 saturated carbocycles. The Morgan fingerprint density at radius 1 is 1.77 bits per heavy atom. The first-order valence-electron chi connectivity index (χ1n) is 4.57. The Bertz CT molecular complexity index is 332. The highest BCUT2D eigenvalue weighted by molar-refractivity contribution is 5.34. The summed E-state index contributed by atoms with van der Waals surface area (Å²) in [6, 6.07) is 2.01. The lowest BCUT2D eigenvalue weighted by molar-refractivity contribution is 0.138. The summed E-state index contributed by atoms with van der Waals surface area (Å²) in [5.41, 5.74) is 6.57. The molecule has 0 fully saturated rings. The van der Waals surface area contributed by atoms with E-state index in [-0.39, 0.29) is 12.5 Å². The Kier molecular flexibility index (Phi) is 1.75. The van der Waals surface area contributed by atoms with E-state index in [1.165, 1.54) is 0 Å². The van der Waals surface area contributed by atoms with Crippen LogP contribution < -0.4 is 5.73 Å². The second kappa shape index (κ2) is 2.59. The van der Waals surface area contributed by atoms with E-state index >= 15 is 0 Å². The molecule has 2 rings (SSSR count). The highest BCUT2D eigenvalue weighted by Gasteiger charge is 2.44. The minimum atomic E-state index is -0.663. The average molecular weight is 181 g/mol. The van der Waals surface area contributed by atoms with Crippen LogP contribution in [0.2, 0.25) is 0 Å². The molecule has 0 spiro atoms. The number of rotatable bonds is 1. The van der Waals surface area contributed by atoms with Gasteiger partial charge in [-0.1, -0.05) is 6.92 Å². The fourth-order valence-corrected chi connectivity index (χ4v) is 2.08. The number of hydrogen-bond donors (Lipinski definition) is 2. The Hall–Kier alpha value is -0.800. The SMILES string of the molecule is Cc1cc2c(o1)C(N)(CO)C(C)C2. The quantitative estimate of drug-likeness (QED) is 0.677. The second-order valence-electron chi connectivity index (χ2n) is 4.02. The van der Waals surface area contributed by atoms with Crippen LogP contribution >= 0.6 is 0 Å². The highest BCUT2D eigenvalue weighted by Crippen LogP contribution is 2.40. The van der Waals surface area contributed by atoms with E-state index in [1.807, 2.05) is 19.9 Å². The molecule has 0 amide bonds. The number of furan rings is 1. The van der Waals surface area contributed by atoms with Gasteiger partial charge in [-0.25, -0.2) is 0 Å². The number of aliphatic hydroxyl groups is 1. The molecule has 3 nitrogen and oxygen atoms in total. The van der Waals surface area contributed by atoms with Crippen molar-refractivity contribution in [2.75, 3.05) is 6.61 Å². The van der Waals surface area contributed by atoms with E-state index in [4.69, 9.17) is 10.2 Å². The van der Waals surface area contributed by atoms with Crippen LogP contribution in [0.1, 0.15) is 24.0 Å². The number of nitrogens with two attached hydrogens (primary N) is 1. The fraction of sp³-hybridized carbons (Fsp3) is 0.600. The van der Waals surface area contributed by atoms with Crippen molar-refractivity contribution < 1.29 is 9.52 Å². The van der Waals surface area contributed by atoms with Gasteiger partial charge in [-0.2, -0.15) is 0 Å². The van der Waals surface area contributed by atoms with Gasteiger partial charge in [0.1, 0.15) is 17.1 Å². The summed E-state index contributed by atoms with van der Waals surface area (Å²) >= 11 is 0. The molecule has 0 bridgehead atoms. The lowest BCUT2D eigenvalue weighted by atomic mass is 9.90. The number of aryl methyl sites for hydroxylation is 1. The molecule has 2 unspecified atom stereocenters. The second-order valence-corrected chi connectivity index (χ2v) is 4.02. The zero-order valence-electron chi connectivity index (χ0n) is 8.00. The van der Waals surface area contributed by atoms with E-state index in [9.17, 15) is 5.11 Å². The monoisotopic (exact) mass is 181 g/mol. The summed E-state index contributed by atoms with van der Waals surface area (Å²) in [6.45, 7) is 3.90. The lowest BCUT2D eigenvalue weighted by Gasteiger charge is -2.25. The van der Waals surface area contributed by atoms with Crippen molar-refractivity contribution in [1.82, 2.24) is 0 Å². The summed E-state index contributed by atoms with van der Waals surface area (Å²) in [7, 11) is 0. The van der Waals surface area contributed by atoms with Gasteiger partial charge in [0, 0.05) is 0 Å². The minimum absolute atomic E-state index is 0.0475. The zero-order chi connectivity index (χ0) is 9.64. The molecule has 1 heterocycles. The first kappa shape index (κ1) is 8.78. The summed E-state index contributed by atoms with van der Waals surface area (Å²) in [4.78, 5) is 0. The average Bonchev–Trinajstić information content (AvgIpc) is 2.53. The Morgan fingerprint density at radius 3 is 3.08 bits per heavy atom. The van der Waals surface area contributed by atoms with Crippen molar-refractivity contribution in [2.45, 2.75) is 25.8 Å². The first-order valence-corrected chi connectivity index (χ1v) is 4.57. The molecule has 1 aliphatic rings. The van der Waals surface area contributed by atoms with Crippen molar-refractivity contribution >= 4 is 0 Å². The van der Waals surface area contributed by atoms with Gasteiger partial charge >= 0.3 is 0 Å². The van der Waals surface area contributed by atoms with Crippen LogP contribution in [0, 0.1) is 12.8 Å². The van der Waals surface area contributed by atoms with Crippen LogP contribution in [0.15, 0.2) is 10.5 Å². The maximum Gasteiger partial charge on any atom is 0.129 e. The van der Waals surface area contributed by atoms with Gasteiger partial charge < -0.3 is 15.3 Å². The van der Waals surface area contributed by atoms with Gasteiger partial charge in [-0.3, -0.25) is 0 Å². The van der Waals surface area contributed by atoms with E-state index < -0.39 is 5.54 Å². The smallest absolute Gasteiger partial charge is 0.129 e. The van der Waals surface area contributed by atoms with Crippen LogP contribution in [0.4, 0.5) is 0 Å². The standard InChI is InChI=1S/C10H15NO2/c1-6-3-8-4-7(2)13-9(8)10(6,11)5-12/h4,6,12H,3,5,11H2,1-2H3. The molecule has 0 radical (unpaired) electrons. The molecule has 0 aromatic carbocycles. The molecule has 3 heteroatoms. The molecule has 1 aromatic rings. The number of hydrogen-bond acceptors (Lipinski definition) is 3. The molecule has 3 N–H and O–H groups in total. The molecule has 2 atom stereocenters. The van der Waals surface area contributed by atoms with Crippen molar-refractivity contribution in [3.05, 3.63) is 23.2 Å². The highest BCUT2D eigenvalue weighted by atomic mass is 16.3. The van der Waals surface area contributed by atoms with Gasteiger partial charge in [0.2, 0.25) is 0 Å². The number of fused-ring (bicyclic) bond motifs is 1. The van der Waals surface area contributed by atoms with Gasteiger partial charge in [-0.15, -0.1) is 0 Å².